The minimum absolute atomic E-state index is 0.0511. The van der Waals surface area contributed by atoms with E-state index in [9.17, 15) is 14.0 Å². The molecular weight excluding hydrogens is 347 g/mol. The first-order valence-electron chi connectivity index (χ1n) is 9.71. The second-order valence-electron chi connectivity index (χ2n) is 7.75. The van der Waals surface area contributed by atoms with Crippen molar-refractivity contribution in [2.75, 3.05) is 7.05 Å². The maximum atomic E-state index is 13.7. The Morgan fingerprint density at radius 2 is 2.00 bits per heavy atom. The molecule has 2 saturated heterocycles. The first-order chi connectivity index (χ1) is 13.0. The van der Waals surface area contributed by atoms with Gasteiger partial charge in [-0.15, -0.1) is 0 Å². The molecule has 27 heavy (non-hydrogen) atoms. The topological polar surface area (TPSA) is 67.2 Å². The van der Waals surface area contributed by atoms with Crippen LogP contribution < -0.4 is 10.7 Å². The highest BCUT2D eigenvalue weighted by Crippen LogP contribution is 2.34. The number of hydrogen-bond donors (Lipinski definition) is 1. The van der Waals surface area contributed by atoms with Crippen molar-refractivity contribution in [2.24, 2.45) is 0 Å². The molecule has 0 radical (unpaired) electrons. The van der Waals surface area contributed by atoms with Gasteiger partial charge in [0.15, 0.2) is 5.69 Å². The molecule has 2 atom stereocenters. The zero-order chi connectivity index (χ0) is 19.1. The number of hydrogen-bond acceptors (Lipinski definition) is 4. The third-order valence-corrected chi connectivity index (χ3v) is 6.00. The van der Waals surface area contributed by atoms with Crippen LogP contribution in [-0.4, -0.2) is 45.8 Å². The molecule has 7 heteroatoms. The van der Waals surface area contributed by atoms with Gasteiger partial charge in [0.1, 0.15) is 5.82 Å². The van der Waals surface area contributed by atoms with Gasteiger partial charge < -0.3 is 10.2 Å². The third-order valence-electron chi connectivity index (χ3n) is 6.00. The van der Waals surface area contributed by atoms with Crippen LogP contribution in [0.25, 0.3) is 10.9 Å². The van der Waals surface area contributed by atoms with Crippen LogP contribution in [0.5, 0.6) is 0 Å². The molecule has 2 unspecified atom stereocenters. The van der Waals surface area contributed by atoms with E-state index < -0.39 is 17.2 Å². The number of piperidine rings is 1. The predicted octanol–water partition coefficient (Wildman–Crippen LogP) is 2.30. The molecule has 2 aliphatic rings. The lowest BCUT2D eigenvalue weighted by molar-refractivity contribution is 0.0874. The van der Waals surface area contributed by atoms with Gasteiger partial charge in [-0.05, 0) is 57.4 Å². The minimum Gasteiger partial charge on any atom is -0.348 e. The van der Waals surface area contributed by atoms with Crippen molar-refractivity contribution in [2.45, 2.75) is 63.7 Å². The zero-order valence-electron chi connectivity index (χ0n) is 15.7. The van der Waals surface area contributed by atoms with Gasteiger partial charge in [0, 0.05) is 24.7 Å². The molecule has 0 aliphatic carbocycles. The van der Waals surface area contributed by atoms with Crippen LogP contribution >= 0.6 is 0 Å². The van der Waals surface area contributed by atoms with Gasteiger partial charge >= 0.3 is 0 Å². The lowest BCUT2D eigenvalue weighted by Crippen LogP contribution is -2.49. The molecule has 2 aromatic rings. The highest BCUT2D eigenvalue weighted by atomic mass is 19.1. The summed E-state index contributed by atoms with van der Waals surface area (Å²) in [6.45, 7) is 2.55. The molecular formula is C20H25FN4O2. The Kier molecular flexibility index (Phi) is 4.72. The Balaban J connectivity index is 1.65. The number of amides is 1. The van der Waals surface area contributed by atoms with Crippen LogP contribution in [0.4, 0.5) is 4.39 Å². The molecule has 0 saturated carbocycles. The Morgan fingerprint density at radius 1 is 1.30 bits per heavy atom. The van der Waals surface area contributed by atoms with E-state index in [1.54, 1.807) is 10.7 Å². The second-order valence-corrected chi connectivity index (χ2v) is 7.75. The summed E-state index contributed by atoms with van der Waals surface area (Å²) >= 11 is 0. The predicted molar refractivity (Wildman–Crippen MR) is 101 cm³/mol. The van der Waals surface area contributed by atoms with Crippen LogP contribution in [-0.2, 0) is 6.54 Å². The van der Waals surface area contributed by atoms with Gasteiger partial charge in [0.05, 0.1) is 10.9 Å². The highest BCUT2D eigenvalue weighted by molar-refractivity contribution is 5.95. The number of benzene rings is 1. The third kappa shape index (κ3) is 3.25. The molecule has 1 aromatic carbocycles. The van der Waals surface area contributed by atoms with Crippen molar-refractivity contribution in [3.05, 3.63) is 39.9 Å². The number of fused-ring (bicyclic) bond motifs is 3. The number of carbonyl (C=O) groups excluding carboxylic acids is 1. The van der Waals surface area contributed by atoms with Crippen molar-refractivity contribution >= 4 is 16.8 Å². The number of aromatic nitrogens is 2. The molecule has 1 aromatic heterocycles. The second kappa shape index (κ2) is 7.03. The van der Waals surface area contributed by atoms with Crippen LogP contribution in [0.1, 0.15) is 49.5 Å². The largest absolute Gasteiger partial charge is 0.348 e. The number of rotatable bonds is 4. The zero-order valence-corrected chi connectivity index (χ0v) is 15.7. The molecule has 2 aliphatic heterocycles. The minimum atomic E-state index is -0.509. The fourth-order valence-electron chi connectivity index (χ4n) is 4.58. The van der Waals surface area contributed by atoms with E-state index in [0.29, 0.717) is 24.1 Å². The highest BCUT2D eigenvalue weighted by Gasteiger charge is 2.39. The smallest absolute Gasteiger partial charge is 0.276 e. The summed E-state index contributed by atoms with van der Waals surface area (Å²) in [5.41, 5.74) is -0.102. The normalized spacial score (nSPS) is 25.1. The van der Waals surface area contributed by atoms with Crippen molar-refractivity contribution < 1.29 is 9.18 Å². The maximum Gasteiger partial charge on any atom is 0.276 e. The first kappa shape index (κ1) is 18.1. The summed E-state index contributed by atoms with van der Waals surface area (Å²) in [5.74, 6) is -0.947. The van der Waals surface area contributed by atoms with E-state index in [0.717, 1.165) is 32.1 Å². The average Bonchev–Trinajstić information content (AvgIpc) is 2.85. The fourth-order valence-corrected chi connectivity index (χ4v) is 4.58. The first-order valence-corrected chi connectivity index (χ1v) is 9.71. The Bertz CT molecular complexity index is 927. The summed E-state index contributed by atoms with van der Waals surface area (Å²) in [7, 11) is 2.14. The molecule has 6 nitrogen and oxygen atoms in total. The fraction of sp³-hybridized carbons (Fsp3) is 0.550. The molecule has 1 amide bonds. The number of nitrogens with zero attached hydrogens (tertiary/aromatic N) is 3. The van der Waals surface area contributed by atoms with Gasteiger partial charge in [-0.3, -0.25) is 14.3 Å². The van der Waals surface area contributed by atoms with Crippen molar-refractivity contribution in [1.29, 1.82) is 0 Å². The SMILES string of the molecule is CCCn1nc(C(=O)NC2CC3CCC(C2)N3C)c(=O)c2cc(F)ccc21. The van der Waals surface area contributed by atoms with Crippen molar-refractivity contribution in [1.82, 2.24) is 20.0 Å². The maximum absolute atomic E-state index is 13.7. The van der Waals surface area contributed by atoms with Gasteiger partial charge in [0.25, 0.3) is 5.91 Å². The molecule has 2 fully saturated rings. The van der Waals surface area contributed by atoms with Gasteiger partial charge in [-0.25, -0.2) is 4.39 Å². The van der Waals surface area contributed by atoms with Crippen molar-refractivity contribution in [3.8, 4) is 0 Å². The standard InChI is InChI=1S/C20H25FN4O2/c1-3-8-25-17-7-4-12(21)9-16(17)19(26)18(23-25)20(27)22-13-10-14-5-6-15(11-13)24(14)2/h4,7,9,13-15H,3,5-6,8,10-11H2,1-2H3,(H,22,27). The molecule has 2 bridgehead atoms. The van der Waals surface area contributed by atoms with Crippen LogP contribution in [0.2, 0.25) is 0 Å². The number of carbonyl (C=O) groups is 1. The molecule has 4 rings (SSSR count). The molecule has 0 spiro atoms. The summed E-state index contributed by atoms with van der Waals surface area (Å²) in [5, 5.41) is 7.52. The molecule has 3 heterocycles. The number of nitrogens with one attached hydrogen (secondary N) is 1. The van der Waals surface area contributed by atoms with Crippen LogP contribution in [0.15, 0.2) is 23.0 Å². The van der Waals surface area contributed by atoms with Gasteiger partial charge in [0.2, 0.25) is 5.43 Å². The average molecular weight is 372 g/mol. The lowest BCUT2D eigenvalue weighted by Gasteiger charge is -2.36. The summed E-state index contributed by atoms with van der Waals surface area (Å²) in [6, 6.07) is 5.08. The van der Waals surface area contributed by atoms with E-state index in [2.05, 4.69) is 22.4 Å². The van der Waals surface area contributed by atoms with Gasteiger partial charge in [-0.2, -0.15) is 5.10 Å². The van der Waals surface area contributed by atoms with E-state index in [4.69, 9.17) is 0 Å². The van der Waals surface area contributed by atoms with E-state index in [1.807, 2.05) is 6.92 Å². The van der Waals surface area contributed by atoms with Gasteiger partial charge in [-0.1, -0.05) is 6.92 Å². The Labute approximate surface area is 157 Å². The summed E-state index contributed by atoms with van der Waals surface area (Å²) in [4.78, 5) is 28.0. The monoisotopic (exact) mass is 372 g/mol. The van der Waals surface area contributed by atoms with E-state index in [-0.39, 0.29) is 17.1 Å². The van der Waals surface area contributed by atoms with E-state index >= 15 is 0 Å². The molecule has 1 N–H and O–H groups in total. The van der Waals surface area contributed by atoms with Crippen molar-refractivity contribution in [3.63, 3.8) is 0 Å². The van der Waals surface area contributed by atoms with Crippen LogP contribution in [0.3, 0.4) is 0 Å². The number of aryl methyl sites for hydroxylation is 1. The van der Waals surface area contributed by atoms with E-state index in [1.165, 1.54) is 12.1 Å². The Hall–Kier alpha value is -2.28. The lowest BCUT2D eigenvalue weighted by atomic mass is 9.98. The number of halogens is 1. The summed E-state index contributed by atoms with van der Waals surface area (Å²) < 4.78 is 15.3. The summed E-state index contributed by atoms with van der Waals surface area (Å²) in [6.07, 6.45) is 4.89. The van der Waals surface area contributed by atoms with Crippen LogP contribution in [0, 0.1) is 5.82 Å². The Morgan fingerprint density at radius 3 is 2.67 bits per heavy atom. The molecule has 144 valence electrons. The quantitative estimate of drug-likeness (QED) is 0.894.